The Bertz CT molecular complexity index is 1070. The summed E-state index contributed by atoms with van der Waals surface area (Å²) >= 11 is 0. The normalized spacial score (nSPS) is 21.8. The fourth-order valence-corrected chi connectivity index (χ4v) is 4.16. The number of hydrogen-bond acceptors (Lipinski definition) is 8. The number of nitro groups is 1. The first kappa shape index (κ1) is 16.7. The Balaban J connectivity index is 1.76. The lowest BCUT2D eigenvalue weighted by Crippen LogP contribution is -2.36. The molecule has 0 amide bonds. The van der Waals surface area contributed by atoms with Gasteiger partial charge in [-0.25, -0.2) is 4.68 Å². The molecule has 3 aliphatic rings. The average molecular weight is 383 g/mol. The zero-order valence-corrected chi connectivity index (χ0v) is 15.3. The number of rotatable bonds is 2. The number of nitrogens with one attached hydrogen (secondary N) is 1. The van der Waals surface area contributed by atoms with Gasteiger partial charge >= 0.3 is 0 Å². The van der Waals surface area contributed by atoms with Gasteiger partial charge in [0.25, 0.3) is 5.69 Å². The zero-order chi connectivity index (χ0) is 19.6. The molecule has 0 radical (unpaired) electrons. The molecular weight excluding hydrogens is 366 g/mol. The number of ether oxygens (including phenoxy) is 2. The van der Waals surface area contributed by atoms with Crippen LogP contribution >= 0.6 is 0 Å². The molecule has 1 aliphatic carbocycles. The van der Waals surface area contributed by atoms with Crippen LogP contribution in [0.15, 0.2) is 29.7 Å². The molecule has 10 heteroatoms. The summed E-state index contributed by atoms with van der Waals surface area (Å²) in [5, 5.41) is 19.2. The molecular formula is C18H17N5O5. The van der Waals surface area contributed by atoms with Gasteiger partial charge in [0.1, 0.15) is 12.4 Å². The fraction of sp³-hybridized carbons (Fsp3) is 0.389. The highest BCUT2D eigenvalue weighted by Gasteiger charge is 2.44. The number of Topliss-reactive ketones (excluding diaryl/α,β-unsaturated/α-hetero) is 1. The molecule has 28 heavy (non-hydrogen) atoms. The van der Waals surface area contributed by atoms with Gasteiger partial charge in [0.2, 0.25) is 12.7 Å². The lowest BCUT2D eigenvalue weighted by Gasteiger charge is -2.38. The van der Waals surface area contributed by atoms with Gasteiger partial charge < -0.3 is 14.8 Å². The maximum Gasteiger partial charge on any atom is 0.279 e. The van der Waals surface area contributed by atoms with Crippen molar-refractivity contribution in [3.63, 3.8) is 0 Å². The summed E-state index contributed by atoms with van der Waals surface area (Å²) in [5.41, 5.74) is 1.18. The van der Waals surface area contributed by atoms with Gasteiger partial charge in [-0.1, -0.05) is 13.8 Å². The van der Waals surface area contributed by atoms with E-state index in [4.69, 9.17) is 9.47 Å². The number of aromatic nitrogens is 3. The minimum atomic E-state index is -0.757. The van der Waals surface area contributed by atoms with E-state index in [1.54, 1.807) is 6.07 Å². The van der Waals surface area contributed by atoms with Crippen LogP contribution in [0.3, 0.4) is 0 Å². The molecule has 2 aliphatic heterocycles. The highest BCUT2D eigenvalue weighted by Crippen LogP contribution is 2.49. The molecule has 144 valence electrons. The van der Waals surface area contributed by atoms with Crippen LogP contribution in [-0.4, -0.2) is 32.3 Å². The van der Waals surface area contributed by atoms with Crippen molar-refractivity contribution in [1.82, 2.24) is 14.8 Å². The molecule has 0 fully saturated rings. The number of fused-ring (bicyclic) bond motifs is 2. The zero-order valence-electron chi connectivity index (χ0n) is 15.3. The van der Waals surface area contributed by atoms with Crippen LogP contribution in [-0.2, 0) is 4.79 Å². The van der Waals surface area contributed by atoms with E-state index < -0.39 is 11.0 Å². The third-order valence-electron chi connectivity index (χ3n) is 5.29. The molecule has 0 unspecified atom stereocenters. The summed E-state index contributed by atoms with van der Waals surface area (Å²) in [6, 6.07) is 2.15. The monoisotopic (exact) mass is 383 g/mol. The van der Waals surface area contributed by atoms with Crippen molar-refractivity contribution in [2.24, 2.45) is 5.41 Å². The molecule has 10 nitrogen and oxygen atoms in total. The van der Waals surface area contributed by atoms with Crippen LogP contribution in [0.25, 0.3) is 0 Å². The number of benzene rings is 1. The summed E-state index contributed by atoms with van der Waals surface area (Å²) in [4.78, 5) is 28.6. The second-order valence-corrected chi connectivity index (χ2v) is 7.91. The third-order valence-corrected chi connectivity index (χ3v) is 5.29. The largest absolute Gasteiger partial charge is 0.454 e. The first-order valence-corrected chi connectivity index (χ1v) is 8.85. The average Bonchev–Trinajstić information content (AvgIpc) is 3.25. The van der Waals surface area contributed by atoms with E-state index in [9.17, 15) is 14.9 Å². The van der Waals surface area contributed by atoms with Crippen LogP contribution < -0.4 is 14.8 Å². The Morgan fingerprint density at radius 1 is 1.29 bits per heavy atom. The molecule has 0 spiro atoms. The summed E-state index contributed by atoms with van der Waals surface area (Å²) in [6.45, 7) is 4.04. The molecule has 3 heterocycles. The van der Waals surface area contributed by atoms with E-state index in [1.165, 1.54) is 17.1 Å². The van der Waals surface area contributed by atoms with Gasteiger partial charge in [0.15, 0.2) is 17.3 Å². The Morgan fingerprint density at radius 2 is 2.04 bits per heavy atom. The van der Waals surface area contributed by atoms with Crippen molar-refractivity contribution in [3.05, 3.63) is 45.4 Å². The molecule has 5 rings (SSSR count). The summed E-state index contributed by atoms with van der Waals surface area (Å²) in [5.74, 6) is 1.11. The minimum absolute atomic E-state index is 0.00218. The quantitative estimate of drug-likeness (QED) is 0.620. The summed E-state index contributed by atoms with van der Waals surface area (Å²) in [6.07, 6.45) is 2.35. The smallest absolute Gasteiger partial charge is 0.279 e. The number of carbonyl (C=O) groups is 1. The summed E-state index contributed by atoms with van der Waals surface area (Å²) < 4.78 is 12.2. The van der Waals surface area contributed by atoms with Gasteiger partial charge in [-0.15, -0.1) is 0 Å². The van der Waals surface area contributed by atoms with E-state index in [2.05, 4.69) is 15.4 Å². The van der Waals surface area contributed by atoms with Crippen molar-refractivity contribution in [2.45, 2.75) is 32.7 Å². The highest BCUT2D eigenvalue weighted by atomic mass is 16.7. The second kappa shape index (κ2) is 5.54. The van der Waals surface area contributed by atoms with Crippen molar-refractivity contribution < 1.29 is 19.2 Å². The van der Waals surface area contributed by atoms with Crippen LogP contribution in [0.4, 0.5) is 11.6 Å². The van der Waals surface area contributed by atoms with Gasteiger partial charge in [-0.2, -0.15) is 10.1 Å². The van der Waals surface area contributed by atoms with Crippen LogP contribution in [0.2, 0.25) is 0 Å². The number of ketones is 1. The van der Waals surface area contributed by atoms with E-state index >= 15 is 0 Å². The van der Waals surface area contributed by atoms with E-state index in [0.717, 1.165) is 5.70 Å². The van der Waals surface area contributed by atoms with Crippen molar-refractivity contribution >= 4 is 17.4 Å². The number of allylic oxidation sites excluding steroid dienone is 2. The number of nitrogens with zero attached hydrogens (tertiary/aromatic N) is 4. The van der Waals surface area contributed by atoms with Gasteiger partial charge in [-0.3, -0.25) is 14.9 Å². The first-order chi connectivity index (χ1) is 13.3. The molecule has 2 aromatic rings. The Hall–Kier alpha value is -3.43. The number of nitro benzene ring substituents is 1. The van der Waals surface area contributed by atoms with Crippen molar-refractivity contribution in [1.29, 1.82) is 0 Å². The number of hydrogen-bond donors (Lipinski definition) is 1. The van der Waals surface area contributed by atoms with E-state index in [0.29, 0.717) is 41.4 Å². The summed E-state index contributed by atoms with van der Waals surface area (Å²) in [7, 11) is 0. The maximum atomic E-state index is 13.1. The Labute approximate surface area is 159 Å². The molecule has 1 aromatic heterocycles. The number of anilines is 1. The van der Waals surface area contributed by atoms with E-state index in [1.807, 2.05) is 13.8 Å². The van der Waals surface area contributed by atoms with Crippen LogP contribution in [0, 0.1) is 15.5 Å². The topological polar surface area (TPSA) is 121 Å². The Kier molecular flexibility index (Phi) is 3.31. The predicted molar refractivity (Wildman–Crippen MR) is 96.1 cm³/mol. The lowest BCUT2D eigenvalue weighted by atomic mass is 9.73. The molecule has 0 bridgehead atoms. The van der Waals surface area contributed by atoms with Crippen molar-refractivity contribution in [3.8, 4) is 11.5 Å². The van der Waals surface area contributed by atoms with E-state index in [-0.39, 0.29) is 23.7 Å². The van der Waals surface area contributed by atoms with Crippen LogP contribution in [0.5, 0.6) is 11.5 Å². The van der Waals surface area contributed by atoms with Gasteiger partial charge in [0.05, 0.1) is 16.6 Å². The first-order valence-electron chi connectivity index (χ1n) is 8.85. The maximum absolute atomic E-state index is 13.1. The highest BCUT2D eigenvalue weighted by molar-refractivity contribution is 6.00. The molecule has 1 N–H and O–H groups in total. The Morgan fingerprint density at radius 3 is 2.79 bits per heavy atom. The van der Waals surface area contributed by atoms with Crippen LogP contribution in [0.1, 0.15) is 38.3 Å². The SMILES string of the molecule is CC1(C)CC(=O)C2=C(C1)Nc1ncnn1[C@@H]2c1cc2c(cc1[N+](=O)[O-])OCO2. The molecule has 0 saturated carbocycles. The van der Waals surface area contributed by atoms with Crippen molar-refractivity contribution in [2.75, 3.05) is 12.1 Å². The number of carbonyl (C=O) groups excluding carboxylic acids is 1. The third kappa shape index (κ3) is 2.37. The second-order valence-electron chi connectivity index (χ2n) is 7.91. The fourth-order valence-electron chi connectivity index (χ4n) is 4.16. The minimum Gasteiger partial charge on any atom is -0.454 e. The predicted octanol–water partition coefficient (Wildman–Crippen LogP) is 2.57. The lowest BCUT2D eigenvalue weighted by molar-refractivity contribution is -0.385. The molecule has 1 aromatic carbocycles. The molecule has 1 atom stereocenters. The standard InChI is InChI=1S/C18H17N5O5/c1-18(2)5-10-15(12(24)6-18)16(22-17(21-10)19-7-20-22)9-3-13-14(28-8-27-13)4-11(9)23(25)26/h3-4,7,16H,5-6,8H2,1-2H3,(H,19,20,21)/t16-/m1/s1. The molecule has 0 saturated heterocycles. The van der Waals surface area contributed by atoms with Gasteiger partial charge in [-0.05, 0) is 17.9 Å². The van der Waals surface area contributed by atoms with Gasteiger partial charge in [0, 0.05) is 17.7 Å².